The third-order valence-electron chi connectivity index (χ3n) is 3.22. The Kier molecular flexibility index (Phi) is 3.65. The molecule has 0 atom stereocenters. The number of ether oxygens (including phenoxy) is 1. The zero-order chi connectivity index (χ0) is 12.9. The molecule has 0 aliphatic carbocycles. The molecule has 2 heterocycles. The topological polar surface area (TPSA) is 50.5 Å². The molecule has 0 saturated carbocycles. The minimum atomic E-state index is 0.723. The fourth-order valence-corrected chi connectivity index (χ4v) is 2.13. The number of aromatic nitrogens is 1. The maximum Gasteiger partial charge on any atom is 0.128 e. The van der Waals surface area contributed by atoms with E-state index >= 15 is 0 Å². The number of hydrogen-bond donors (Lipinski definition) is 1. The summed E-state index contributed by atoms with van der Waals surface area (Å²) < 4.78 is 10.1. The highest BCUT2D eigenvalue weighted by Crippen LogP contribution is 2.19. The van der Waals surface area contributed by atoms with Crippen molar-refractivity contribution in [1.82, 2.24) is 5.16 Å². The first kappa shape index (κ1) is 12.0. The zero-order valence-electron chi connectivity index (χ0n) is 10.7. The number of morpholine rings is 1. The quantitative estimate of drug-likeness (QED) is 0.911. The van der Waals surface area contributed by atoms with Crippen LogP contribution in [-0.2, 0) is 11.3 Å². The Morgan fingerprint density at radius 1 is 1.16 bits per heavy atom. The summed E-state index contributed by atoms with van der Waals surface area (Å²) in [5, 5.41) is 7.01. The van der Waals surface area contributed by atoms with Gasteiger partial charge in [-0.3, -0.25) is 0 Å². The molecule has 0 spiro atoms. The van der Waals surface area contributed by atoms with Gasteiger partial charge in [-0.15, -0.1) is 0 Å². The first-order chi connectivity index (χ1) is 9.42. The molecule has 5 heteroatoms. The molecule has 0 bridgehead atoms. The summed E-state index contributed by atoms with van der Waals surface area (Å²) in [6.45, 7) is 4.28. The molecule has 1 aromatic heterocycles. The van der Waals surface area contributed by atoms with Crippen molar-refractivity contribution < 1.29 is 9.26 Å². The van der Waals surface area contributed by atoms with Crippen LogP contribution in [0.3, 0.4) is 0 Å². The van der Waals surface area contributed by atoms with E-state index in [1.807, 2.05) is 0 Å². The zero-order valence-corrected chi connectivity index (χ0v) is 10.7. The van der Waals surface area contributed by atoms with Gasteiger partial charge in [0, 0.05) is 36.6 Å². The Morgan fingerprint density at radius 3 is 2.63 bits per heavy atom. The third kappa shape index (κ3) is 3.06. The Bertz CT molecular complexity index is 490. The van der Waals surface area contributed by atoms with Gasteiger partial charge in [-0.1, -0.05) is 5.16 Å². The van der Waals surface area contributed by atoms with Crippen molar-refractivity contribution in [2.75, 3.05) is 36.5 Å². The summed E-state index contributed by atoms with van der Waals surface area (Å²) >= 11 is 0. The summed E-state index contributed by atoms with van der Waals surface area (Å²) in [5.41, 5.74) is 3.38. The van der Waals surface area contributed by atoms with Gasteiger partial charge in [0.15, 0.2) is 0 Å². The van der Waals surface area contributed by atoms with Crippen molar-refractivity contribution in [2.45, 2.75) is 6.54 Å². The fourth-order valence-electron chi connectivity index (χ4n) is 2.13. The normalized spacial score (nSPS) is 15.5. The molecule has 100 valence electrons. The van der Waals surface area contributed by atoms with Gasteiger partial charge in [0.25, 0.3) is 0 Å². The van der Waals surface area contributed by atoms with Gasteiger partial charge in [-0.05, 0) is 24.3 Å². The van der Waals surface area contributed by atoms with E-state index in [0.29, 0.717) is 0 Å². The first-order valence-corrected chi connectivity index (χ1v) is 6.47. The van der Waals surface area contributed by atoms with Crippen LogP contribution in [0.4, 0.5) is 11.4 Å². The van der Waals surface area contributed by atoms with Crippen molar-refractivity contribution in [3.8, 4) is 0 Å². The highest BCUT2D eigenvalue weighted by atomic mass is 16.5. The van der Waals surface area contributed by atoms with Crippen LogP contribution in [-0.4, -0.2) is 31.5 Å². The smallest absolute Gasteiger partial charge is 0.128 e. The number of hydrogen-bond acceptors (Lipinski definition) is 5. The SMILES string of the molecule is c1nocc1CNc1ccc(N2CCOCC2)cc1. The van der Waals surface area contributed by atoms with Crippen LogP contribution in [0.2, 0.25) is 0 Å². The number of nitrogens with zero attached hydrogens (tertiary/aromatic N) is 2. The lowest BCUT2D eigenvalue weighted by Crippen LogP contribution is -2.36. The van der Waals surface area contributed by atoms with Gasteiger partial charge in [0.2, 0.25) is 0 Å². The Morgan fingerprint density at radius 2 is 1.95 bits per heavy atom. The number of rotatable bonds is 4. The van der Waals surface area contributed by atoms with E-state index in [4.69, 9.17) is 9.26 Å². The Labute approximate surface area is 112 Å². The monoisotopic (exact) mass is 259 g/mol. The highest BCUT2D eigenvalue weighted by molar-refractivity contribution is 5.55. The largest absolute Gasteiger partial charge is 0.381 e. The number of nitrogens with one attached hydrogen (secondary N) is 1. The molecular formula is C14H17N3O2. The molecule has 3 rings (SSSR count). The summed E-state index contributed by atoms with van der Waals surface area (Å²) in [6.07, 6.45) is 3.37. The van der Waals surface area contributed by atoms with Crippen LogP contribution in [0.25, 0.3) is 0 Å². The molecule has 19 heavy (non-hydrogen) atoms. The molecule has 1 saturated heterocycles. The minimum Gasteiger partial charge on any atom is -0.381 e. The molecule has 1 fully saturated rings. The molecule has 0 amide bonds. The number of anilines is 2. The van der Waals surface area contributed by atoms with Crippen LogP contribution in [0, 0.1) is 0 Å². The van der Waals surface area contributed by atoms with Gasteiger partial charge in [-0.25, -0.2) is 0 Å². The van der Waals surface area contributed by atoms with Crippen molar-refractivity contribution >= 4 is 11.4 Å². The lowest BCUT2D eigenvalue weighted by atomic mass is 10.2. The van der Waals surface area contributed by atoms with Gasteiger partial charge >= 0.3 is 0 Å². The highest BCUT2D eigenvalue weighted by Gasteiger charge is 2.10. The summed E-state index contributed by atoms with van der Waals surface area (Å²) in [7, 11) is 0. The van der Waals surface area contributed by atoms with Gasteiger partial charge in [-0.2, -0.15) is 0 Å². The molecule has 2 aromatic rings. The summed E-state index contributed by atoms with van der Waals surface area (Å²) in [5.74, 6) is 0. The van der Waals surface area contributed by atoms with Crippen molar-refractivity contribution in [1.29, 1.82) is 0 Å². The summed E-state index contributed by atoms with van der Waals surface area (Å²) in [4.78, 5) is 2.34. The molecule has 1 aliphatic rings. The van der Waals surface area contributed by atoms with Crippen molar-refractivity contribution in [2.24, 2.45) is 0 Å². The Balaban J connectivity index is 1.58. The van der Waals surface area contributed by atoms with Crippen LogP contribution >= 0.6 is 0 Å². The van der Waals surface area contributed by atoms with E-state index in [9.17, 15) is 0 Å². The van der Waals surface area contributed by atoms with E-state index in [1.165, 1.54) is 5.69 Å². The molecule has 0 radical (unpaired) electrons. The lowest BCUT2D eigenvalue weighted by molar-refractivity contribution is 0.122. The van der Waals surface area contributed by atoms with Gasteiger partial charge < -0.3 is 19.5 Å². The second kappa shape index (κ2) is 5.75. The molecular weight excluding hydrogens is 242 g/mol. The average Bonchev–Trinajstić information content (AvgIpc) is 3.00. The van der Waals surface area contributed by atoms with E-state index in [0.717, 1.165) is 44.1 Å². The van der Waals surface area contributed by atoms with Crippen molar-refractivity contribution in [3.63, 3.8) is 0 Å². The van der Waals surface area contributed by atoms with Crippen LogP contribution in [0.1, 0.15) is 5.56 Å². The molecule has 1 aliphatic heterocycles. The second-order valence-corrected chi connectivity index (χ2v) is 4.53. The van der Waals surface area contributed by atoms with Crippen molar-refractivity contribution in [3.05, 3.63) is 42.3 Å². The van der Waals surface area contributed by atoms with E-state index in [2.05, 4.69) is 39.6 Å². The molecule has 0 unspecified atom stereocenters. The lowest BCUT2D eigenvalue weighted by Gasteiger charge is -2.28. The van der Waals surface area contributed by atoms with E-state index < -0.39 is 0 Å². The van der Waals surface area contributed by atoms with Crippen LogP contribution in [0.15, 0.2) is 41.2 Å². The van der Waals surface area contributed by atoms with Crippen LogP contribution in [0.5, 0.6) is 0 Å². The third-order valence-corrected chi connectivity index (χ3v) is 3.22. The molecule has 1 aromatic carbocycles. The maximum atomic E-state index is 5.36. The Hall–Kier alpha value is -2.01. The van der Waals surface area contributed by atoms with Crippen LogP contribution < -0.4 is 10.2 Å². The predicted octanol–water partition coefficient (Wildman–Crippen LogP) is 2.12. The fraction of sp³-hybridized carbons (Fsp3) is 0.357. The number of benzene rings is 1. The van der Waals surface area contributed by atoms with Gasteiger partial charge in [0.05, 0.1) is 19.4 Å². The standard InChI is InChI=1S/C14H17N3O2/c1-3-14(17-5-7-18-8-6-17)4-2-13(1)15-9-12-10-16-19-11-12/h1-4,10-11,15H,5-9H2. The maximum absolute atomic E-state index is 5.36. The summed E-state index contributed by atoms with van der Waals surface area (Å²) in [6, 6.07) is 8.47. The predicted molar refractivity (Wildman–Crippen MR) is 73.3 cm³/mol. The van der Waals surface area contributed by atoms with Gasteiger partial charge in [0.1, 0.15) is 6.26 Å². The average molecular weight is 259 g/mol. The first-order valence-electron chi connectivity index (χ1n) is 6.47. The second-order valence-electron chi connectivity index (χ2n) is 4.53. The minimum absolute atomic E-state index is 0.723. The van der Waals surface area contributed by atoms with E-state index in [-0.39, 0.29) is 0 Å². The molecule has 1 N–H and O–H groups in total. The molecule has 5 nitrogen and oxygen atoms in total. The van der Waals surface area contributed by atoms with E-state index in [1.54, 1.807) is 12.5 Å².